The summed E-state index contributed by atoms with van der Waals surface area (Å²) in [5, 5.41) is 0. The van der Waals surface area contributed by atoms with Crippen LogP contribution in [0.15, 0.2) is 0 Å². The molecule has 0 spiro atoms. The van der Waals surface area contributed by atoms with Crippen LogP contribution in [0.2, 0.25) is 13.3 Å². The minimum atomic E-state index is -2.81. The van der Waals surface area contributed by atoms with Crippen LogP contribution in [-0.4, -0.2) is 24.8 Å². The summed E-state index contributed by atoms with van der Waals surface area (Å²) in [6.07, 6.45) is 13.3. The van der Waals surface area contributed by atoms with Gasteiger partial charge in [0, 0.05) is 0 Å². The normalized spacial score (nSPS) is 12.4. The molecule has 3 heteroatoms. The predicted octanol–water partition coefficient (Wildman–Crippen LogP) is 7.87. The molecule has 0 aromatic rings. The fourth-order valence-electron chi connectivity index (χ4n) is 3.46. The van der Waals surface area contributed by atoms with E-state index >= 15 is 0 Å². The van der Waals surface area contributed by atoms with E-state index in [0.29, 0.717) is 0 Å². The SMILES string of the molecule is CCCCCCC(C)(C)C(=O)[O][Sn]([CH2]CCC)([CH2]CCC)[CH2]CCC. The van der Waals surface area contributed by atoms with Gasteiger partial charge in [-0.25, -0.2) is 0 Å². The first-order chi connectivity index (χ1) is 11.9. The van der Waals surface area contributed by atoms with Crippen molar-refractivity contribution < 1.29 is 7.87 Å². The van der Waals surface area contributed by atoms with Crippen LogP contribution in [0.3, 0.4) is 0 Å². The fraction of sp³-hybridized carbons (Fsp3) is 0.955. The van der Waals surface area contributed by atoms with E-state index in [9.17, 15) is 4.79 Å². The Balaban J connectivity index is 4.98. The molecule has 0 aromatic heterocycles. The molecule has 0 aliphatic rings. The van der Waals surface area contributed by atoms with Crippen molar-refractivity contribution in [1.82, 2.24) is 0 Å². The molecule has 0 amide bonds. The molecule has 0 bridgehead atoms. The van der Waals surface area contributed by atoms with Crippen molar-refractivity contribution in [2.45, 2.75) is 125 Å². The first-order valence-corrected chi connectivity index (χ1v) is 18.3. The van der Waals surface area contributed by atoms with E-state index in [-0.39, 0.29) is 11.4 Å². The van der Waals surface area contributed by atoms with Crippen LogP contribution in [0.25, 0.3) is 0 Å². The Morgan fingerprint density at radius 3 is 1.56 bits per heavy atom. The Morgan fingerprint density at radius 1 is 0.720 bits per heavy atom. The van der Waals surface area contributed by atoms with Gasteiger partial charge in [-0.05, 0) is 0 Å². The van der Waals surface area contributed by atoms with E-state index in [1.807, 2.05) is 0 Å². The Bertz CT molecular complexity index is 317. The van der Waals surface area contributed by atoms with Gasteiger partial charge in [0.05, 0.1) is 0 Å². The summed E-state index contributed by atoms with van der Waals surface area (Å²) in [5.41, 5.74) is -0.305. The monoisotopic (exact) mass is 462 g/mol. The molecular weight excluding hydrogens is 415 g/mol. The average Bonchev–Trinajstić information content (AvgIpc) is 2.59. The first kappa shape index (κ1) is 25.3. The predicted molar refractivity (Wildman–Crippen MR) is 114 cm³/mol. The van der Waals surface area contributed by atoms with Crippen molar-refractivity contribution in [3.05, 3.63) is 0 Å². The first-order valence-electron chi connectivity index (χ1n) is 11.1. The van der Waals surface area contributed by atoms with Crippen molar-refractivity contribution in [3.63, 3.8) is 0 Å². The molecule has 0 rings (SSSR count). The van der Waals surface area contributed by atoms with Crippen molar-refractivity contribution in [1.29, 1.82) is 0 Å². The molecule has 0 unspecified atom stereocenters. The summed E-state index contributed by atoms with van der Waals surface area (Å²) in [6.45, 7) is 13.2. The van der Waals surface area contributed by atoms with E-state index in [0.717, 1.165) is 12.8 Å². The molecule has 0 atom stereocenters. The van der Waals surface area contributed by atoms with Gasteiger partial charge in [0.2, 0.25) is 0 Å². The van der Waals surface area contributed by atoms with Gasteiger partial charge in [-0.2, -0.15) is 0 Å². The van der Waals surface area contributed by atoms with E-state index in [2.05, 4.69) is 41.5 Å². The molecule has 0 saturated heterocycles. The van der Waals surface area contributed by atoms with E-state index in [1.165, 1.54) is 71.1 Å². The number of unbranched alkanes of at least 4 members (excludes halogenated alkanes) is 6. The molecule has 25 heavy (non-hydrogen) atoms. The molecule has 0 heterocycles. The fourth-order valence-corrected chi connectivity index (χ4v) is 16.9. The summed E-state index contributed by atoms with van der Waals surface area (Å²) < 4.78 is 10.3. The molecule has 0 aromatic carbocycles. The number of hydrogen-bond donors (Lipinski definition) is 0. The zero-order chi connectivity index (χ0) is 19.2. The molecule has 0 aliphatic carbocycles. The maximum atomic E-state index is 13.1. The zero-order valence-electron chi connectivity index (χ0n) is 18.2. The van der Waals surface area contributed by atoms with Crippen molar-refractivity contribution in [2.75, 3.05) is 0 Å². The van der Waals surface area contributed by atoms with Crippen LogP contribution in [0, 0.1) is 5.41 Å². The third-order valence-electron chi connectivity index (χ3n) is 5.47. The van der Waals surface area contributed by atoms with E-state index in [1.54, 1.807) is 0 Å². The van der Waals surface area contributed by atoms with Gasteiger partial charge in [-0.1, -0.05) is 0 Å². The molecule has 2 nitrogen and oxygen atoms in total. The van der Waals surface area contributed by atoms with Crippen molar-refractivity contribution in [3.8, 4) is 0 Å². The second kappa shape index (κ2) is 14.3. The van der Waals surface area contributed by atoms with Gasteiger partial charge in [-0.3, -0.25) is 0 Å². The van der Waals surface area contributed by atoms with Crippen LogP contribution < -0.4 is 0 Å². The summed E-state index contributed by atoms with van der Waals surface area (Å²) in [5.74, 6) is 0.128. The molecule has 0 fully saturated rings. The number of rotatable bonds is 16. The number of carbonyl (C=O) groups excluding carboxylic acids is 1. The van der Waals surface area contributed by atoms with Gasteiger partial charge in [0.25, 0.3) is 0 Å². The number of carbonyl (C=O) groups is 1. The second-order valence-corrected chi connectivity index (χ2v) is 20.2. The van der Waals surface area contributed by atoms with Crippen LogP contribution in [0.5, 0.6) is 0 Å². The molecular formula is C22H46O2Sn. The topological polar surface area (TPSA) is 26.3 Å². The molecule has 0 N–H and O–H groups in total. The third-order valence-corrected chi connectivity index (χ3v) is 18.1. The van der Waals surface area contributed by atoms with Crippen LogP contribution >= 0.6 is 0 Å². The second-order valence-electron chi connectivity index (χ2n) is 8.58. The Morgan fingerprint density at radius 2 is 1.16 bits per heavy atom. The van der Waals surface area contributed by atoms with Gasteiger partial charge >= 0.3 is 164 Å². The average molecular weight is 461 g/mol. The standard InChI is InChI=1S/C10H20O2.3C4H9.Sn/c1-4-5-6-7-8-10(2,3)9(11)12;3*1-3-4-2;/h4-8H2,1-3H3,(H,11,12);3*1,3-4H2,2H3;/q;;;;+1/p-1. The zero-order valence-corrected chi connectivity index (χ0v) is 21.1. The summed E-state index contributed by atoms with van der Waals surface area (Å²) >= 11 is -2.81. The van der Waals surface area contributed by atoms with Gasteiger partial charge < -0.3 is 0 Å². The molecule has 150 valence electrons. The number of hydrogen-bond acceptors (Lipinski definition) is 2. The van der Waals surface area contributed by atoms with Gasteiger partial charge in [-0.15, -0.1) is 0 Å². The van der Waals surface area contributed by atoms with Crippen LogP contribution in [-0.2, 0) is 7.87 Å². The van der Waals surface area contributed by atoms with E-state index in [4.69, 9.17) is 3.07 Å². The Kier molecular flexibility index (Phi) is 14.5. The van der Waals surface area contributed by atoms with Crippen LogP contribution in [0.1, 0.15) is 112 Å². The minimum absolute atomic E-state index is 0.128. The summed E-state index contributed by atoms with van der Waals surface area (Å²) in [6, 6.07) is 0. The summed E-state index contributed by atoms with van der Waals surface area (Å²) in [7, 11) is 0. The Labute approximate surface area is 163 Å². The van der Waals surface area contributed by atoms with Crippen molar-refractivity contribution >= 4 is 24.8 Å². The third kappa shape index (κ3) is 10.9. The molecule has 0 saturated carbocycles. The van der Waals surface area contributed by atoms with E-state index < -0.39 is 18.8 Å². The molecule has 0 aliphatic heterocycles. The Hall–Kier alpha value is 0.269. The van der Waals surface area contributed by atoms with Gasteiger partial charge in [0.15, 0.2) is 0 Å². The quantitative estimate of drug-likeness (QED) is 0.173. The van der Waals surface area contributed by atoms with Crippen LogP contribution in [0.4, 0.5) is 0 Å². The van der Waals surface area contributed by atoms with Gasteiger partial charge in [0.1, 0.15) is 0 Å². The molecule has 0 radical (unpaired) electrons. The maximum absolute atomic E-state index is 13.1. The summed E-state index contributed by atoms with van der Waals surface area (Å²) in [4.78, 5) is 13.1. The van der Waals surface area contributed by atoms with Crippen molar-refractivity contribution in [2.24, 2.45) is 5.41 Å².